The smallest absolute Gasteiger partial charge is 0.234 e. The van der Waals surface area contributed by atoms with Gasteiger partial charge >= 0.3 is 0 Å². The highest BCUT2D eigenvalue weighted by Crippen LogP contribution is 2.34. The number of aromatic nitrogens is 3. The summed E-state index contributed by atoms with van der Waals surface area (Å²) >= 11 is 7.28. The van der Waals surface area contributed by atoms with Gasteiger partial charge in [0.25, 0.3) is 0 Å². The van der Waals surface area contributed by atoms with Gasteiger partial charge in [-0.15, -0.1) is 10.2 Å². The van der Waals surface area contributed by atoms with Crippen LogP contribution in [0.2, 0.25) is 5.02 Å². The van der Waals surface area contributed by atoms with Crippen LogP contribution in [0.15, 0.2) is 29.4 Å². The zero-order chi connectivity index (χ0) is 16.9. The molecule has 1 fully saturated rings. The van der Waals surface area contributed by atoms with Crippen LogP contribution in [0.25, 0.3) is 0 Å². The monoisotopic (exact) mass is 364 g/mol. The molecule has 7 heteroatoms. The van der Waals surface area contributed by atoms with Crippen LogP contribution in [0.3, 0.4) is 0 Å². The summed E-state index contributed by atoms with van der Waals surface area (Å²) in [5, 5.41) is 13.0. The lowest BCUT2D eigenvalue weighted by molar-refractivity contribution is -0.113. The Morgan fingerprint density at radius 2 is 2.00 bits per heavy atom. The van der Waals surface area contributed by atoms with Crippen LogP contribution in [0.4, 0.5) is 5.69 Å². The van der Waals surface area contributed by atoms with Gasteiger partial charge in [0.1, 0.15) is 5.82 Å². The van der Waals surface area contributed by atoms with E-state index in [9.17, 15) is 4.79 Å². The van der Waals surface area contributed by atoms with Gasteiger partial charge < -0.3 is 9.88 Å². The number of hydrogen-bond acceptors (Lipinski definition) is 4. The number of rotatable bonds is 6. The molecule has 1 heterocycles. The van der Waals surface area contributed by atoms with E-state index in [1.807, 2.05) is 0 Å². The van der Waals surface area contributed by atoms with E-state index >= 15 is 0 Å². The maximum Gasteiger partial charge on any atom is 0.234 e. The molecular weight excluding hydrogens is 344 g/mol. The number of amides is 1. The van der Waals surface area contributed by atoms with E-state index in [2.05, 4.69) is 27.0 Å². The summed E-state index contributed by atoms with van der Waals surface area (Å²) in [5.41, 5.74) is 0.744. The summed E-state index contributed by atoms with van der Waals surface area (Å²) in [6, 6.07) is 7.09. The van der Waals surface area contributed by atoms with Crippen molar-refractivity contribution in [1.82, 2.24) is 14.8 Å². The molecule has 5 nitrogen and oxygen atoms in total. The molecule has 1 saturated carbocycles. The summed E-state index contributed by atoms with van der Waals surface area (Å²) in [6.45, 7) is 2.93. The number of carbonyl (C=O) groups is 1. The first-order chi connectivity index (χ1) is 11.7. The Kier molecular flexibility index (Phi) is 5.79. The fraction of sp³-hybridized carbons (Fsp3) is 0.471. The minimum absolute atomic E-state index is 0.0598. The van der Waals surface area contributed by atoms with Crippen molar-refractivity contribution in [2.45, 2.75) is 50.2 Å². The fourth-order valence-corrected chi connectivity index (χ4v) is 3.99. The van der Waals surface area contributed by atoms with Gasteiger partial charge in [-0.25, -0.2) is 0 Å². The minimum atomic E-state index is -0.0598. The third-order valence-electron chi connectivity index (χ3n) is 4.24. The third kappa shape index (κ3) is 4.11. The number of benzene rings is 1. The molecule has 1 aromatic heterocycles. The lowest BCUT2D eigenvalue weighted by atomic mass is 10.1. The molecule has 0 aliphatic heterocycles. The molecule has 1 aliphatic carbocycles. The van der Waals surface area contributed by atoms with Gasteiger partial charge in [-0.1, -0.05) is 36.2 Å². The van der Waals surface area contributed by atoms with Gasteiger partial charge in [0.15, 0.2) is 5.16 Å². The predicted octanol–water partition coefficient (Wildman–Crippen LogP) is 4.34. The van der Waals surface area contributed by atoms with Crippen LogP contribution in [-0.4, -0.2) is 26.4 Å². The first-order valence-corrected chi connectivity index (χ1v) is 9.65. The van der Waals surface area contributed by atoms with Crippen molar-refractivity contribution in [1.29, 1.82) is 0 Å². The fourth-order valence-electron chi connectivity index (χ4n) is 3.05. The maximum absolute atomic E-state index is 12.1. The van der Waals surface area contributed by atoms with Gasteiger partial charge in [0.2, 0.25) is 5.91 Å². The normalized spacial score (nSPS) is 14.9. The quantitative estimate of drug-likeness (QED) is 0.774. The molecule has 0 radical (unpaired) electrons. The number of halogens is 1. The maximum atomic E-state index is 12.1. The highest BCUT2D eigenvalue weighted by Gasteiger charge is 2.24. The van der Waals surface area contributed by atoms with Crippen molar-refractivity contribution < 1.29 is 4.79 Å². The van der Waals surface area contributed by atoms with Crippen molar-refractivity contribution >= 4 is 35.0 Å². The third-order valence-corrected chi connectivity index (χ3v) is 5.46. The van der Waals surface area contributed by atoms with Crippen molar-refractivity contribution in [3.63, 3.8) is 0 Å². The van der Waals surface area contributed by atoms with E-state index < -0.39 is 0 Å². The summed E-state index contributed by atoms with van der Waals surface area (Å²) in [5.74, 6) is 1.85. The molecule has 0 bridgehead atoms. The van der Waals surface area contributed by atoms with Crippen LogP contribution in [-0.2, 0) is 11.3 Å². The Bertz CT molecular complexity index is 695. The topological polar surface area (TPSA) is 59.8 Å². The highest BCUT2D eigenvalue weighted by atomic mass is 35.5. The summed E-state index contributed by atoms with van der Waals surface area (Å²) in [4.78, 5) is 12.1. The zero-order valence-corrected chi connectivity index (χ0v) is 15.2. The first-order valence-electron chi connectivity index (χ1n) is 8.28. The molecule has 0 saturated heterocycles. The van der Waals surface area contributed by atoms with Crippen molar-refractivity contribution in [2.75, 3.05) is 11.1 Å². The molecule has 3 rings (SSSR count). The van der Waals surface area contributed by atoms with Gasteiger partial charge in [-0.05, 0) is 44.0 Å². The molecule has 24 heavy (non-hydrogen) atoms. The van der Waals surface area contributed by atoms with Crippen LogP contribution >= 0.6 is 23.4 Å². The Morgan fingerprint density at radius 3 is 2.67 bits per heavy atom. The van der Waals surface area contributed by atoms with E-state index in [1.165, 1.54) is 37.4 Å². The van der Waals surface area contributed by atoms with E-state index in [0.29, 0.717) is 16.7 Å². The molecule has 2 aromatic rings. The molecule has 0 atom stereocenters. The minimum Gasteiger partial charge on any atom is -0.325 e. The standard InChI is InChI=1S/C17H21ClN4OS/c1-2-22-16(12-5-3-4-6-12)20-21-17(22)24-11-15(23)19-14-9-7-13(18)8-10-14/h7-10,12H,2-6,11H2,1H3,(H,19,23). The first kappa shape index (κ1) is 17.3. The van der Waals surface area contributed by atoms with Crippen molar-refractivity contribution in [2.24, 2.45) is 0 Å². The van der Waals surface area contributed by atoms with Crippen LogP contribution in [0.5, 0.6) is 0 Å². The molecule has 128 valence electrons. The lowest BCUT2D eigenvalue weighted by Crippen LogP contribution is -2.14. The van der Waals surface area contributed by atoms with Gasteiger partial charge in [0, 0.05) is 23.2 Å². The predicted molar refractivity (Wildman–Crippen MR) is 97.7 cm³/mol. The number of nitrogens with zero attached hydrogens (tertiary/aromatic N) is 3. The van der Waals surface area contributed by atoms with E-state index in [-0.39, 0.29) is 5.91 Å². The number of hydrogen-bond donors (Lipinski definition) is 1. The molecule has 1 aromatic carbocycles. The molecule has 0 unspecified atom stereocenters. The summed E-state index contributed by atoms with van der Waals surface area (Å²) < 4.78 is 2.15. The van der Waals surface area contributed by atoms with E-state index in [4.69, 9.17) is 11.6 Å². The molecule has 1 N–H and O–H groups in total. The number of nitrogens with one attached hydrogen (secondary N) is 1. The molecule has 1 aliphatic rings. The second kappa shape index (κ2) is 8.03. The molecule has 1 amide bonds. The molecule has 0 spiro atoms. The second-order valence-corrected chi connectivity index (χ2v) is 7.29. The van der Waals surface area contributed by atoms with Gasteiger partial charge in [-0.2, -0.15) is 0 Å². The number of carbonyl (C=O) groups excluding carboxylic acids is 1. The summed E-state index contributed by atoms with van der Waals surface area (Å²) in [7, 11) is 0. The van der Waals surface area contributed by atoms with Gasteiger partial charge in [-0.3, -0.25) is 4.79 Å². The second-order valence-electron chi connectivity index (χ2n) is 5.91. The van der Waals surface area contributed by atoms with Crippen molar-refractivity contribution in [3.8, 4) is 0 Å². The van der Waals surface area contributed by atoms with Crippen LogP contribution in [0, 0.1) is 0 Å². The zero-order valence-electron chi connectivity index (χ0n) is 13.7. The summed E-state index contributed by atoms with van der Waals surface area (Å²) in [6.07, 6.45) is 4.93. The highest BCUT2D eigenvalue weighted by molar-refractivity contribution is 7.99. The Hall–Kier alpha value is -1.53. The average Bonchev–Trinajstić information content (AvgIpc) is 3.23. The Labute approximate surface area is 151 Å². The van der Waals surface area contributed by atoms with E-state index in [1.54, 1.807) is 24.3 Å². The van der Waals surface area contributed by atoms with Crippen LogP contribution in [0.1, 0.15) is 44.3 Å². The average molecular weight is 365 g/mol. The largest absolute Gasteiger partial charge is 0.325 e. The van der Waals surface area contributed by atoms with E-state index in [0.717, 1.165) is 23.2 Å². The van der Waals surface area contributed by atoms with Crippen molar-refractivity contribution in [3.05, 3.63) is 35.1 Å². The Balaban J connectivity index is 1.59. The number of anilines is 1. The molecular formula is C17H21ClN4OS. The number of thioether (sulfide) groups is 1. The SMILES string of the molecule is CCn1c(SCC(=O)Nc2ccc(Cl)cc2)nnc1C1CCCC1. The Morgan fingerprint density at radius 1 is 1.29 bits per heavy atom. The van der Waals surface area contributed by atoms with Gasteiger partial charge in [0.05, 0.1) is 5.75 Å². The van der Waals surface area contributed by atoms with Crippen LogP contribution < -0.4 is 5.32 Å². The lowest BCUT2D eigenvalue weighted by Gasteiger charge is -2.11.